The Hall–Kier alpha value is -6.78. The monoisotopic (exact) mass is 638 g/mol. The molecule has 4 nitrogen and oxygen atoms in total. The highest BCUT2D eigenvalue weighted by atomic mass is 15.0. The van der Waals surface area contributed by atoms with Gasteiger partial charge in [-0.3, -0.25) is 0 Å². The van der Waals surface area contributed by atoms with Crippen molar-refractivity contribution in [2.24, 2.45) is 0 Å². The number of benzene rings is 7. The number of pyridine rings is 1. The molecule has 0 aliphatic carbocycles. The molecule has 0 fully saturated rings. The van der Waals surface area contributed by atoms with Crippen LogP contribution in [0.4, 0.5) is 0 Å². The highest BCUT2D eigenvalue weighted by molar-refractivity contribution is 6.05. The van der Waals surface area contributed by atoms with E-state index in [2.05, 4.69) is 109 Å². The average molecular weight is 639 g/mol. The van der Waals surface area contributed by atoms with E-state index in [4.69, 9.17) is 19.9 Å². The average Bonchev–Trinajstić information content (AvgIpc) is 3.21. The summed E-state index contributed by atoms with van der Waals surface area (Å²) < 4.78 is 0. The molecule has 2 heterocycles. The molecule has 50 heavy (non-hydrogen) atoms. The van der Waals surface area contributed by atoms with Gasteiger partial charge in [-0.2, -0.15) is 0 Å². The van der Waals surface area contributed by atoms with Gasteiger partial charge in [-0.05, 0) is 45.2 Å². The van der Waals surface area contributed by atoms with Crippen LogP contribution in [0, 0.1) is 0 Å². The normalized spacial score (nSPS) is 11.2. The molecule has 0 saturated heterocycles. The van der Waals surface area contributed by atoms with Crippen molar-refractivity contribution >= 4 is 21.7 Å². The molecule has 9 rings (SSSR count). The molecule has 0 atom stereocenters. The van der Waals surface area contributed by atoms with E-state index in [-0.39, 0.29) is 0 Å². The quantitative estimate of drug-likeness (QED) is 0.182. The number of rotatable bonds is 6. The lowest BCUT2D eigenvalue weighted by atomic mass is 9.91. The smallest absolute Gasteiger partial charge is 0.164 e. The first-order chi connectivity index (χ1) is 24.8. The topological polar surface area (TPSA) is 51.6 Å². The van der Waals surface area contributed by atoms with Crippen LogP contribution in [0.1, 0.15) is 0 Å². The Morgan fingerprint density at radius 3 is 1.22 bits per heavy atom. The van der Waals surface area contributed by atoms with Crippen LogP contribution >= 0.6 is 0 Å². The van der Waals surface area contributed by atoms with E-state index in [1.807, 2.05) is 72.8 Å². The van der Waals surface area contributed by atoms with E-state index in [0.29, 0.717) is 17.5 Å². The maximum atomic E-state index is 4.91. The van der Waals surface area contributed by atoms with Crippen molar-refractivity contribution in [2.75, 3.05) is 0 Å². The van der Waals surface area contributed by atoms with E-state index < -0.39 is 0 Å². The van der Waals surface area contributed by atoms with Gasteiger partial charge in [0.2, 0.25) is 0 Å². The first-order valence-corrected chi connectivity index (χ1v) is 16.7. The molecule has 4 heteroatoms. The molecule has 0 unspecified atom stereocenters. The molecule has 234 valence electrons. The molecule has 7 aromatic carbocycles. The summed E-state index contributed by atoms with van der Waals surface area (Å²) >= 11 is 0. The summed E-state index contributed by atoms with van der Waals surface area (Å²) in [4.78, 5) is 19.6. The molecule has 0 bridgehead atoms. The van der Waals surface area contributed by atoms with Crippen LogP contribution in [-0.4, -0.2) is 19.9 Å². The summed E-state index contributed by atoms with van der Waals surface area (Å²) in [6.45, 7) is 0. The lowest BCUT2D eigenvalue weighted by molar-refractivity contribution is 1.07. The van der Waals surface area contributed by atoms with E-state index in [0.717, 1.165) is 44.4 Å². The standard InChI is InChI=1S/C46H30N4/c1-3-12-35(13-4-1)44-48-45(36-14-5-2-6-15-36)50-46(49-44)37-25-21-32(22-26-37)39-29-28-38(40-16-8-9-17-41(39)40)31-19-23-34(24-20-31)43-30-27-33-11-7-10-18-42(33)47-43/h1-30H. The molecular formula is C46H30N4. The Bertz CT molecular complexity index is 2560. The van der Waals surface area contributed by atoms with E-state index in [1.54, 1.807) is 0 Å². The third-order valence-corrected chi connectivity index (χ3v) is 9.17. The van der Waals surface area contributed by atoms with Gasteiger partial charge >= 0.3 is 0 Å². The van der Waals surface area contributed by atoms with Gasteiger partial charge in [0.05, 0.1) is 11.2 Å². The maximum absolute atomic E-state index is 4.91. The van der Waals surface area contributed by atoms with Crippen LogP contribution in [-0.2, 0) is 0 Å². The summed E-state index contributed by atoms with van der Waals surface area (Å²) in [5.74, 6) is 1.95. The molecule has 0 amide bonds. The highest BCUT2D eigenvalue weighted by Gasteiger charge is 2.14. The van der Waals surface area contributed by atoms with Gasteiger partial charge < -0.3 is 0 Å². The third kappa shape index (κ3) is 5.59. The van der Waals surface area contributed by atoms with Gasteiger partial charge in [-0.25, -0.2) is 19.9 Å². The fourth-order valence-corrected chi connectivity index (χ4v) is 6.59. The second kappa shape index (κ2) is 12.7. The highest BCUT2D eigenvalue weighted by Crippen LogP contribution is 2.37. The zero-order valence-electron chi connectivity index (χ0n) is 27.1. The number of aromatic nitrogens is 4. The van der Waals surface area contributed by atoms with Crippen molar-refractivity contribution < 1.29 is 0 Å². The Morgan fingerprint density at radius 1 is 0.260 bits per heavy atom. The van der Waals surface area contributed by atoms with Crippen molar-refractivity contribution in [3.05, 3.63) is 182 Å². The lowest BCUT2D eigenvalue weighted by Crippen LogP contribution is -2.00. The first kappa shape index (κ1) is 29.4. The van der Waals surface area contributed by atoms with Gasteiger partial charge in [0.1, 0.15) is 0 Å². The predicted octanol–water partition coefficient (Wildman–Crippen LogP) is 11.6. The number of nitrogens with zero attached hydrogens (tertiary/aromatic N) is 4. The van der Waals surface area contributed by atoms with E-state index >= 15 is 0 Å². The van der Waals surface area contributed by atoms with E-state index in [9.17, 15) is 0 Å². The molecule has 0 spiro atoms. The maximum Gasteiger partial charge on any atom is 0.164 e. The van der Waals surface area contributed by atoms with Crippen molar-refractivity contribution in [3.63, 3.8) is 0 Å². The largest absolute Gasteiger partial charge is 0.248 e. The van der Waals surface area contributed by atoms with Gasteiger partial charge in [-0.1, -0.05) is 170 Å². The van der Waals surface area contributed by atoms with Crippen molar-refractivity contribution in [1.29, 1.82) is 0 Å². The Morgan fingerprint density at radius 2 is 0.680 bits per heavy atom. The fraction of sp³-hybridized carbons (Fsp3) is 0. The molecule has 0 radical (unpaired) electrons. The molecule has 0 aliphatic heterocycles. The number of hydrogen-bond donors (Lipinski definition) is 0. The van der Waals surface area contributed by atoms with Crippen LogP contribution in [0.3, 0.4) is 0 Å². The van der Waals surface area contributed by atoms with Gasteiger partial charge in [0, 0.05) is 27.6 Å². The zero-order chi connectivity index (χ0) is 33.3. The first-order valence-electron chi connectivity index (χ1n) is 16.7. The fourth-order valence-electron chi connectivity index (χ4n) is 6.59. The minimum Gasteiger partial charge on any atom is -0.248 e. The van der Waals surface area contributed by atoms with Crippen LogP contribution < -0.4 is 0 Å². The summed E-state index contributed by atoms with van der Waals surface area (Å²) in [7, 11) is 0. The third-order valence-electron chi connectivity index (χ3n) is 9.17. The van der Waals surface area contributed by atoms with Crippen molar-refractivity contribution in [3.8, 4) is 67.7 Å². The predicted molar refractivity (Wildman–Crippen MR) is 205 cm³/mol. The Balaban J connectivity index is 1.06. The van der Waals surface area contributed by atoms with Crippen LogP contribution in [0.25, 0.3) is 89.4 Å². The number of hydrogen-bond acceptors (Lipinski definition) is 4. The minimum absolute atomic E-state index is 0.645. The summed E-state index contributed by atoms with van der Waals surface area (Å²) in [5, 5.41) is 3.56. The lowest BCUT2D eigenvalue weighted by Gasteiger charge is -2.13. The molecule has 2 aromatic heterocycles. The van der Waals surface area contributed by atoms with Gasteiger partial charge in [-0.15, -0.1) is 0 Å². The van der Waals surface area contributed by atoms with Crippen LogP contribution in [0.15, 0.2) is 182 Å². The van der Waals surface area contributed by atoms with E-state index in [1.165, 1.54) is 27.5 Å². The summed E-state index contributed by atoms with van der Waals surface area (Å²) in [5.41, 5.74) is 10.6. The molecule has 0 N–H and O–H groups in total. The van der Waals surface area contributed by atoms with Crippen LogP contribution in [0.5, 0.6) is 0 Å². The molecule has 0 saturated carbocycles. The zero-order valence-corrected chi connectivity index (χ0v) is 27.1. The summed E-state index contributed by atoms with van der Waals surface area (Å²) in [6, 6.07) is 63.0. The minimum atomic E-state index is 0.645. The molecule has 0 aliphatic rings. The number of para-hydroxylation sites is 1. The SMILES string of the molecule is c1ccc(-c2nc(-c3ccccc3)nc(-c3ccc(-c4ccc(-c5ccc(-c6ccc7ccccc7n6)cc5)c5ccccc45)cc3)n2)cc1. The molecular weight excluding hydrogens is 609 g/mol. The van der Waals surface area contributed by atoms with Crippen LogP contribution in [0.2, 0.25) is 0 Å². The van der Waals surface area contributed by atoms with Gasteiger partial charge in [0.15, 0.2) is 17.5 Å². The van der Waals surface area contributed by atoms with Crippen molar-refractivity contribution in [2.45, 2.75) is 0 Å². The van der Waals surface area contributed by atoms with Crippen molar-refractivity contribution in [1.82, 2.24) is 19.9 Å². The second-order valence-electron chi connectivity index (χ2n) is 12.3. The summed E-state index contributed by atoms with van der Waals surface area (Å²) in [6.07, 6.45) is 0. The van der Waals surface area contributed by atoms with Gasteiger partial charge in [0.25, 0.3) is 0 Å². The second-order valence-corrected chi connectivity index (χ2v) is 12.3. The Kier molecular flexibility index (Phi) is 7.45. The Labute approximate surface area is 290 Å². The number of fused-ring (bicyclic) bond motifs is 2. The molecule has 9 aromatic rings.